The van der Waals surface area contributed by atoms with Crippen molar-refractivity contribution in [2.24, 2.45) is 0 Å². The molecular weight excluding hydrogens is 619 g/mol. The second-order valence-electron chi connectivity index (χ2n) is 14.4. The Labute approximate surface area is 284 Å². The Bertz CT molecular complexity index is 3160. The van der Waals surface area contributed by atoms with Crippen molar-refractivity contribution >= 4 is 103 Å². The van der Waals surface area contributed by atoms with Gasteiger partial charge in [-0.1, -0.05) is 111 Å². The summed E-state index contributed by atoms with van der Waals surface area (Å²) in [6.07, 6.45) is 0. The van der Waals surface area contributed by atoms with Gasteiger partial charge in [-0.2, -0.15) is 0 Å². The summed E-state index contributed by atoms with van der Waals surface area (Å²) in [5.41, 5.74) is 16.7. The molecule has 0 radical (unpaired) electrons. The molecule has 0 saturated carbocycles. The molecule has 0 saturated heterocycles. The Balaban J connectivity index is 1.33. The summed E-state index contributed by atoms with van der Waals surface area (Å²) in [6.45, 7) is 4.96. The van der Waals surface area contributed by atoms with Gasteiger partial charge in [-0.25, -0.2) is 0 Å². The van der Waals surface area contributed by atoms with E-state index in [0.29, 0.717) is 0 Å². The topological polar surface area (TPSA) is 9.86 Å². The molecular formula is C43H25BN2S2. The predicted molar refractivity (Wildman–Crippen MR) is 208 cm³/mol. The first-order chi connectivity index (χ1) is 23.6. The molecule has 13 rings (SSSR count). The quantitative estimate of drug-likeness (QED) is 0.145. The molecule has 6 aromatic carbocycles. The molecule has 48 heavy (non-hydrogen) atoms. The first kappa shape index (κ1) is 25.0. The van der Waals surface area contributed by atoms with Crippen molar-refractivity contribution in [2.45, 2.75) is 19.3 Å². The van der Waals surface area contributed by atoms with Crippen LogP contribution in [0.2, 0.25) is 0 Å². The van der Waals surface area contributed by atoms with Crippen LogP contribution in [0.5, 0.6) is 0 Å². The van der Waals surface area contributed by atoms with Crippen LogP contribution < -0.4 is 10.9 Å². The number of hydrogen-bond acceptors (Lipinski definition) is 2. The number of hydrogen-bond donors (Lipinski definition) is 0. The number of thiophene rings is 2. The number of fused-ring (bicyclic) bond motifs is 18. The molecule has 2 nitrogen and oxygen atoms in total. The van der Waals surface area contributed by atoms with Crippen LogP contribution in [0, 0.1) is 0 Å². The van der Waals surface area contributed by atoms with Crippen LogP contribution in [0.4, 0.5) is 0 Å². The van der Waals surface area contributed by atoms with Gasteiger partial charge in [0, 0.05) is 80.0 Å². The van der Waals surface area contributed by atoms with E-state index >= 15 is 0 Å². The van der Waals surface area contributed by atoms with Gasteiger partial charge in [0.2, 0.25) is 0 Å². The minimum Gasteiger partial charge on any atom is -0.378 e. The molecule has 5 heteroatoms. The highest BCUT2D eigenvalue weighted by atomic mass is 32.1. The summed E-state index contributed by atoms with van der Waals surface area (Å²) >= 11 is 3.91. The van der Waals surface area contributed by atoms with Gasteiger partial charge in [-0.3, -0.25) is 0 Å². The van der Waals surface area contributed by atoms with Crippen molar-refractivity contribution in [3.8, 4) is 27.9 Å². The highest BCUT2D eigenvalue weighted by Gasteiger charge is 2.48. The molecule has 4 aromatic heterocycles. The molecule has 10 aromatic rings. The van der Waals surface area contributed by atoms with Crippen molar-refractivity contribution < 1.29 is 0 Å². The normalized spacial score (nSPS) is 15.0. The Morgan fingerprint density at radius 3 is 2.15 bits per heavy atom. The monoisotopic (exact) mass is 644 g/mol. The van der Waals surface area contributed by atoms with E-state index < -0.39 is 0 Å². The van der Waals surface area contributed by atoms with Crippen LogP contribution in [0.15, 0.2) is 115 Å². The largest absolute Gasteiger partial charge is 0.378 e. The van der Waals surface area contributed by atoms with Gasteiger partial charge in [0.1, 0.15) is 0 Å². The molecule has 0 bridgehead atoms. The lowest BCUT2D eigenvalue weighted by atomic mass is 9.45. The molecule has 1 aliphatic carbocycles. The summed E-state index contributed by atoms with van der Waals surface area (Å²) in [4.78, 5) is 0. The Kier molecular flexibility index (Phi) is 4.14. The van der Waals surface area contributed by atoms with Crippen LogP contribution in [0.3, 0.4) is 0 Å². The fraction of sp³-hybridized carbons (Fsp3) is 0.0698. The van der Waals surface area contributed by atoms with Crippen LogP contribution >= 0.6 is 22.7 Å². The maximum absolute atomic E-state index is 2.79. The van der Waals surface area contributed by atoms with Crippen LogP contribution in [0.25, 0.3) is 90.2 Å². The first-order valence-electron chi connectivity index (χ1n) is 16.8. The average Bonchev–Trinajstić information content (AvgIpc) is 3.90. The van der Waals surface area contributed by atoms with Crippen molar-refractivity contribution in [3.63, 3.8) is 0 Å². The van der Waals surface area contributed by atoms with Gasteiger partial charge in [0.15, 0.2) is 0 Å². The summed E-state index contributed by atoms with van der Waals surface area (Å²) in [6, 6.07) is 43.9. The lowest BCUT2D eigenvalue weighted by Gasteiger charge is -2.37. The molecule has 222 valence electrons. The van der Waals surface area contributed by atoms with E-state index in [1.807, 2.05) is 22.7 Å². The number of para-hydroxylation sites is 2. The second-order valence-corrected chi connectivity index (χ2v) is 16.5. The van der Waals surface area contributed by atoms with E-state index in [2.05, 4.69) is 138 Å². The highest BCUT2D eigenvalue weighted by Crippen LogP contribution is 2.56. The smallest absolute Gasteiger partial charge is 0.332 e. The number of aromatic nitrogens is 2. The molecule has 6 heterocycles. The van der Waals surface area contributed by atoms with Crippen molar-refractivity contribution in [1.29, 1.82) is 0 Å². The fourth-order valence-corrected chi connectivity index (χ4v) is 12.6. The Hall–Kier alpha value is -5.10. The zero-order chi connectivity index (χ0) is 31.2. The van der Waals surface area contributed by atoms with Gasteiger partial charge in [-0.15, -0.1) is 22.7 Å². The summed E-state index contributed by atoms with van der Waals surface area (Å²) in [5.74, 6) is 0. The van der Waals surface area contributed by atoms with E-state index in [9.17, 15) is 0 Å². The zero-order valence-electron chi connectivity index (χ0n) is 26.3. The van der Waals surface area contributed by atoms with Crippen LogP contribution in [0.1, 0.15) is 25.1 Å². The standard InChI is InChI=1S/C43H25BN2S2/c1-43(2)29-17-6-3-12-23(29)34-25-14-9-15-26-35-36-31(21-28-22-11-4-7-19-32(22)47-40(28)35)45-38-27(41-39(45)24-13-5-8-20-33(24)48-41)16-10-18-30(38)44(36)46(37(25)26)42(34)43/h3-21H,1-2H3. The molecule has 0 spiro atoms. The third kappa shape index (κ3) is 2.55. The molecule has 0 N–H and O–H groups in total. The van der Waals surface area contributed by atoms with Crippen molar-refractivity contribution in [1.82, 2.24) is 9.05 Å². The Morgan fingerprint density at radius 2 is 1.25 bits per heavy atom. The third-order valence-electron chi connectivity index (χ3n) is 11.8. The fourth-order valence-electron chi connectivity index (χ4n) is 10.1. The summed E-state index contributed by atoms with van der Waals surface area (Å²) in [7, 11) is 0. The number of rotatable bonds is 0. The lowest BCUT2D eigenvalue weighted by Crippen LogP contribution is -2.56. The first-order valence-corrected chi connectivity index (χ1v) is 18.5. The molecule has 0 atom stereocenters. The van der Waals surface area contributed by atoms with Crippen molar-refractivity contribution in [3.05, 3.63) is 127 Å². The van der Waals surface area contributed by atoms with Gasteiger partial charge in [-0.05, 0) is 40.3 Å². The van der Waals surface area contributed by atoms with Gasteiger partial charge in [0.25, 0.3) is 0 Å². The van der Waals surface area contributed by atoms with Gasteiger partial charge < -0.3 is 9.05 Å². The minimum absolute atomic E-state index is 0.0748. The maximum Gasteiger partial charge on any atom is 0.332 e. The molecule has 0 unspecified atom stereocenters. The van der Waals surface area contributed by atoms with E-state index in [4.69, 9.17) is 0 Å². The molecule has 0 amide bonds. The molecule has 3 aliphatic rings. The van der Waals surface area contributed by atoms with E-state index in [1.54, 1.807) is 0 Å². The van der Waals surface area contributed by atoms with Crippen LogP contribution in [-0.4, -0.2) is 15.9 Å². The van der Waals surface area contributed by atoms with Crippen LogP contribution in [-0.2, 0) is 5.41 Å². The van der Waals surface area contributed by atoms with E-state index in [0.717, 1.165) is 0 Å². The third-order valence-corrected chi connectivity index (χ3v) is 14.2. The number of benzene rings is 6. The van der Waals surface area contributed by atoms with Gasteiger partial charge >= 0.3 is 6.85 Å². The van der Waals surface area contributed by atoms with Gasteiger partial charge in [0.05, 0.1) is 15.7 Å². The Morgan fingerprint density at radius 1 is 0.562 bits per heavy atom. The maximum atomic E-state index is 2.79. The summed E-state index contributed by atoms with van der Waals surface area (Å²) in [5, 5.41) is 6.82. The zero-order valence-corrected chi connectivity index (χ0v) is 27.9. The van der Waals surface area contributed by atoms with E-state index in [1.165, 1.54) is 112 Å². The lowest BCUT2D eigenvalue weighted by molar-refractivity contribution is 0.632. The van der Waals surface area contributed by atoms with E-state index in [-0.39, 0.29) is 12.3 Å². The summed E-state index contributed by atoms with van der Waals surface area (Å²) < 4.78 is 11.0. The molecule has 2 aliphatic heterocycles. The van der Waals surface area contributed by atoms with Crippen molar-refractivity contribution in [2.75, 3.05) is 0 Å². The second kappa shape index (κ2) is 7.95. The number of nitrogens with zero attached hydrogens (tertiary/aromatic N) is 2. The SMILES string of the molecule is CC1(C)c2ccccc2-c2c1n1c3c(cccc23)-c2c3c(cc4c2sc2ccccc24)-n2c4c(cccc4c4sc5ccccc5c42)B31. The molecule has 0 fully saturated rings. The average molecular weight is 645 g/mol. The predicted octanol–water partition coefficient (Wildman–Crippen LogP) is 10.6. The minimum atomic E-state index is -0.133. The highest BCUT2D eigenvalue weighted by molar-refractivity contribution is 7.27.